The lowest BCUT2D eigenvalue weighted by Gasteiger charge is -2.21. The number of nitrogens with zero attached hydrogens (tertiary/aromatic N) is 2. The van der Waals surface area contributed by atoms with Gasteiger partial charge in [0.1, 0.15) is 10.8 Å². The Kier molecular flexibility index (Phi) is 4.70. The van der Waals surface area contributed by atoms with Gasteiger partial charge in [-0.2, -0.15) is 0 Å². The van der Waals surface area contributed by atoms with E-state index in [4.69, 9.17) is 16.3 Å². The largest absolute Gasteiger partial charge is 0.443 e. The molecule has 1 aromatic carbocycles. The van der Waals surface area contributed by atoms with E-state index in [1.165, 1.54) is 6.20 Å². The Balaban J connectivity index is 2.20. The Morgan fingerprint density at radius 3 is 2.54 bits per heavy atom. The van der Waals surface area contributed by atoms with Crippen LogP contribution in [0.15, 0.2) is 53.5 Å². The van der Waals surface area contributed by atoms with Gasteiger partial charge in [-0.05, 0) is 38.5 Å². The van der Waals surface area contributed by atoms with Crippen LogP contribution in [-0.2, 0) is 4.74 Å². The molecule has 3 rings (SSSR count). The standard InChI is InChI=1S/C19H18ClN3O3/c1-19(2,3)26-18(25)22-23-15-9-10-21-16(20)14(15)11-13(17(23)24)12-7-5-4-6-8-12/h4-11H,1-3H3,(H,22,25). The van der Waals surface area contributed by atoms with Crippen LogP contribution in [0.1, 0.15) is 20.8 Å². The van der Waals surface area contributed by atoms with E-state index in [1.54, 1.807) is 32.9 Å². The van der Waals surface area contributed by atoms with Crippen LogP contribution in [0.5, 0.6) is 0 Å². The quantitative estimate of drug-likeness (QED) is 0.685. The summed E-state index contributed by atoms with van der Waals surface area (Å²) in [5.74, 6) is 0. The van der Waals surface area contributed by atoms with Gasteiger partial charge in [0.25, 0.3) is 5.56 Å². The zero-order chi connectivity index (χ0) is 18.9. The summed E-state index contributed by atoms with van der Waals surface area (Å²) in [6.07, 6.45) is 0.735. The van der Waals surface area contributed by atoms with Crippen molar-refractivity contribution in [3.63, 3.8) is 0 Å². The second-order valence-electron chi connectivity index (χ2n) is 6.71. The van der Waals surface area contributed by atoms with Gasteiger partial charge in [-0.1, -0.05) is 41.9 Å². The van der Waals surface area contributed by atoms with E-state index >= 15 is 0 Å². The van der Waals surface area contributed by atoms with E-state index in [-0.39, 0.29) is 5.15 Å². The van der Waals surface area contributed by atoms with E-state index in [1.807, 2.05) is 30.3 Å². The highest BCUT2D eigenvalue weighted by Crippen LogP contribution is 2.24. The summed E-state index contributed by atoms with van der Waals surface area (Å²) < 4.78 is 6.40. The molecule has 0 aliphatic heterocycles. The first-order valence-corrected chi connectivity index (χ1v) is 8.40. The fraction of sp³-hybridized carbons (Fsp3) is 0.211. The molecule has 0 saturated heterocycles. The van der Waals surface area contributed by atoms with E-state index in [9.17, 15) is 9.59 Å². The molecule has 3 aromatic rings. The Hall–Kier alpha value is -2.86. The summed E-state index contributed by atoms with van der Waals surface area (Å²) in [6.45, 7) is 5.23. The van der Waals surface area contributed by atoms with Crippen molar-refractivity contribution in [3.8, 4) is 11.1 Å². The molecule has 0 fully saturated rings. The lowest BCUT2D eigenvalue weighted by atomic mass is 10.1. The van der Waals surface area contributed by atoms with Crippen LogP contribution < -0.4 is 11.0 Å². The monoisotopic (exact) mass is 371 g/mol. The number of hydrogen-bond donors (Lipinski definition) is 1. The maximum atomic E-state index is 13.0. The maximum Gasteiger partial charge on any atom is 0.427 e. The topological polar surface area (TPSA) is 73.2 Å². The summed E-state index contributed by atoms with van der Waals surface area (Å²) in [5, 5.41) is 0.781. The maximum absolute atomic E-state index is 13.0. The molecule has 0 radical (unpaired) electrons. The first kappa shape index (κ1) is 17.9. The molecule has 0 spiro atoms. The molecule has 1 N–H and O–H groups in total. The number of halogens is 1. The third kappa shape index (κ3) is 3.70. The molecular weight excluding hydrogens is 354 g/mol. The number of nitrogens with one attached hydrogen (secondary N) is 1. The minimum Gasteiger partial charge on any atom is -0.443 e. The molecule has 1 amide bonds. The second kappa shape index (κ2) is 6.80. The molecule has 6 nitrogen and oxygen atoms in total. The lowest BCUT2D eigenvalue weighted by Crippen LogP contribution is -2.37. The van der Waals surface area contributed by atoms with Gasteiger partial charge in [0, 0.05) is 17.1 Å². The lowest BCUT2D eigenvalue weighted by molar-refractivity contribution is 0.0613. The van der Waals surface area contributed by atoms with Crippen molar-refractivity contribution >= 4 is 28.6 Å². The Morgan fingerprint density at radius 2 is 1.88 bits per heavy atom. The van der Waals surface area contributed by atoms with Crippen LogP contribution >= 0.6 is 11.6 Å². The normalized spacial score (nSPS) is 11.4. The predicted molar refractivity (Wildman–Crippen MR) is 102 cm³/mol. The van der Waals surface area contributed by atoms with Crippen LogP contribution in [0.2, 0.25) is 5.15 Å². The third-order valence-electron chi connectivity index (χ3n) is 3.57. The average Bonchev–Trinajstić information content (AvgIpc) is 2.57. The van der Waals surface area contributed by atoms with E-state index < -0.39 is 17.3 Å². The Bertz CT molecular complexity index is 1020. The van der Waals surface area contributed by atoms with Crippen molar-refractivity contribution in [2.75, 3.05) is 5.43 Å². The molecule has 0 aliphatic carbocycles. The molecular formula is C19H18ClN3O3. The molecule has 0 saturated carbocycles. The molecule has 0 aliphatic rings. The summed E-state index contributed by atoms with van der Waals surface area (Å²) in [6, 6.07) is 12.4. The summed E-state index contributed by atoms with van der Waals surface area (Å²) in [5.41, 5.74) is 2.95. The van der Waals surface area contributed by atoms with Crippen LogP contribution in [0, 0.1) is 0 Å². The van der Waals surface area contributed by atoms with Crippen molar-refractivity contribution in [2.45, 2.75) is 26.4 Å². The van der Waals surface area contributed by atoms with Gasteiger partial charge < -0.3 is 4.74 Å². The van der Waals surface area contributed by atoms with E-state index in [2.05, 4.69) is 10.4 Å². The SMILES string of the molecule is CC(C)(C)OC(=O)Nn1c(=O)c(-c2ccccc2)cc2c(Cl)nccc21. The van der Waals surface area contributed by atoms with E-state index in [0.29, 0.717) is 22.0 Å². The number of benzene rings is 1. The third-order valence-corrected chi connectivity index (χ3v) is 3.87. The minimum atomic E-state index is -0.737. The zero-order valence-corrected chi connectivity index (χ0v) is 15.4. The van der Waals surface area contributed by atoms with Crippen molar-refractivity contribution in [2.24, 2.45) is 0 Å². The Morgan fingerprint density at radius 1 is 1.19 bits per heavy atom. The van der Waals surface area contributed by atoms with Gasteiger partial charge in [0.15, 0.2) is 0 Å². The highest BCUT2D eigenvalue weighted by molar-refractivity contribution is 6.34. The molecule has 0 unspecified atom stereocenters. The predicted octanol–water partition coefficient (Wildman–Crippen LogP) is 4.20. The van der Waals surface area contributed by atoms with Gasteiger partial charge in [0.05, 0.1) is 5.52 Å². The van der Waals surface area contributed by atoms with Crippen LogP contribution in [0.3, 0.4) is 0 Å². The summed E-state index contributed by atoms with van der Waals surface area (Å²) in [7, 11) is 0. The number of hydrogen-bond acceptors (Lipinski definition) is 4. The van der Waals surface area contributed by atoms with Gasteiger partial charge in [-0.15, -0.1) is 0 Å². The number of pyridine rings is 2. The number of carbonyl (C=O) groups excluding carboxylic acids is 1. The molecule has 0 atom stereocenters. The number of fused-ring (bicyclic) bond motifs is 1. The molecule has 7 heteroatoms. The zero-order valence-electron chi connectivity index (χ0n) is 14.6. The average molecular weight is 372 g/mol. The summed E-state index contributed by atoms with van der Waals surface area (Å²) in [4.78, 5) is 29.3. The number of amides is 1. The smallest absolute Gasteiger partial charge is 0.427 e. The van der Waals surface area contributed by atoms with Gasteiger partial charge >= 0.3 is 6.09 Å². The van der Waals surface area contributed by atoms with Gasteiger partial charge in [-0.25, -0.2) is 19.9 Å². The van der Waals surface area contributed by atoms with Crippen LogP contribution in [0.4, 0.5) is 4.79 Å². The van der Waals surface area contributed by atoms with E-state index in [0.717, 1.165) is 4.68 Å². The van der Waals surface area contributed by atoms with Crippen molar-refractivity contribution in [1.29, 1.82) is 0 Å². The number of aromatic nitrogens is 2. The molecule has 2 aromatic heterocycles. The first-order chi connectivity index (χ1) is 12.3. The number of rotatable bonds is 2. The van der Waals surface area contributed by atoms with Crippen LogP contribution in [-0.4, -0.2) is 21.4 Å². The highest BCUT2D eigenvalue weighted by atomic mass is 35.5. The first-order valence-electron chi connectivity index (χ1n) is 8.02. The highest BCUT2D eigenvalue weighted by Gasteiger charge is 2.19. The molecule has 2 heterocycles. The fourth-order valence-electron chi connectivity index (χ4n) is 2.53. The molecule has 0 bridgehead atoms. The van der Waals surface area contributed by atoms with Gasteiger partial charge in [0.2, 0.25) is 0 Å². The van der Waals surface area contributed by atoms with Crippen molar-refractivity contribution in [3.05, 3.63) is 64.2 Å². The number of ether oxygens (including phenoxy) is 1. The van der Waals surface area contributed by atoms with Crippen molar-refractivity contribution in [1.82, 2.24) is 9.66 Å². The summed E-state index contributed by atoms with van der Waals surface area (Å²) >= 11 is 6.21. The van der Waals surface area contributed by atoms with Crippen LogP contribution in [0.25, 0.3) is 22.0 Å². The Labute approximate surface area is 155 Å². The molecule has 26 heavy (non-hydrogen) atoms. The van der Waals surface area contributed by atoms with Gasteiger partial charge in [-0.3, -0.25) is 4.79 Å². The minimum absolute atomic E-state index is 0.236. The van der Waals surface area contributed by atoms with Crippen molar-refractivity contribution < 1.29 is 9.53 Å². The second-order valence-corrected chi connectivity index (χ2v) is 7.07. The molecule has 134 valence electrons. The fourth-order valence-corrected chi connectivity index (χ4v) is 2.74. The number of carbonyl (C=O) groups is 1.